The molecule has 1 N–H and O–H groups in total. The maximum absolute atomic E-state index is 14.4. The lowest BCUT2D eigenvalue weighted by Crippen LogP contribution is -2.40. The van der Waals surface area contributed by atoms with Gasteiger partial charge in [0.1, 0.15) is 11.6 Å². The number of benzene rings is 1. The summed E-state index contributed by atoms with van der Waals surface area (Å²) in [6, 6.07) is 6.38. The number of aliphatic imine (C=N–C) groups is 1. The van der Waals surface area contributed by atoms with Crippen molar-refractivity contribution in [2.45, 2.75) is 106 Å². The zero-order valence-corrected chi connectivity index (χ0v) is 27.1. The van der Waals surface area contributed by atoms with Gasteiger partial charge in [0.15, 0.2) is 0 Å². The summed E-state index contributed by atoms with van der Waals surface area (Å²) in [5.41, 5.74) is 6.35. The number of carbonyl (C=O) groups excluding carboxylic acids is 1. The number of halogens is 1. The average molecular weight is 561 g/mol. The molecule has 1 aromatic carbocycles. The van der Waals surface area contributed by atoms with E-state index in [0.29, 0.717) is 11.5 Å². The van der Waals surface area contributed by atoms with E-state index in [1.165, 1.54) is 6.08 Å². The van der Waals surface area contributed by atoms with E-state index in [2.05, 4.69) is 71.3 Å². The van der Waals surface area contributed by atoms with Crippen LogP contribution in [0.1, 0.15) is 111 Å². The van der Waals surface area contributed by atoms with Crippen LogP contribution >= 0.6 is 0 Å². The summed E-state index contributed by atoms with van der Waals surface area (Å²) in [5, 5.41) is 3.17. The fourth-order valence-electron chi connectivity index (χ4n) is 5.31. The Bertz CT molecular complexity index is 1220. The van der Waals surface area contributed by atoms with Crippen molar-refractivity contribution >= 4 is 17.6 Å². The number of ketones is 1. The van der Waals surface area contributed by atoms with E-state index >= 15 is 0 Å². The standard InChI is InChI=1S/C37H53FN2O/c1-12-18-34(33(38)17-6)40-30(11)29(10)35(39-23-15-4)25-27(8)31-19-20-32(28(9)24-31)37(21-13-2,22-14-3)36(41)26(7)16-5/h12,17-20,23-26,40H,6,8,13-16,21-22H2,1-5,7,9-11H3/b18-12-,30-29+,34-33-,35-25+,39-23?. The number of hydrogen-bond acceptors (Lipinski definition) is 3. The largest absolute Gasteiger partial charge is 0.356 e. The van der Waals surface area contributed by atoms with Gasteiger partial charge in [-0.15, -0.1) is 0 Å². The molecule has 0 saturated carbocycles. The van der Waals surface area contributed by atoms with Crippen molar-refractivity contribution in [3.63, 3.8) is 0 Å². The number of nitrogens with zero attached hydrogens (tertiary/aromatic N) is 1. The number of rotatable bonds is 17. The molecule has 0 heterocycles. The van der Waals surface area contributed by atoms with Gasteiger partial charge in [-0.25, -0.2) is 4.39 Å². The summed E-state index contributed by atoms with van der Waals surface area (Å²) < 4.78 is 14.4. The number of carbonyl (C=O) groups is 1. The van der Waals surface area contributed by atoms with E-state index in [1.807, 2.05) is 40.0 Å². The number of aryl methyl sites for hydroxylation is 1. The van der Waals surface area contributed by atoms with Crippen LogP contribution in [0.5, 0.6) is 0 Å². The van der Waals surface area contributed by atoms with Crippen molar-refractivity contribution in [3.05, 3.63) is 101 Å². The fraction of sp³-hybridized carbons (Fsp3) is 0.459. The third-order valence-corrected chi connectivity index (χ3v) is 7.76. The molecule has 0 radical (unpaired) electrons. The molecule has 41 heavy (non-hydrogen) atoms. The highest BCUT2D eigenvalue weighted by molar-refractivity contribution is 5.92. The van der Waals surface area contributed by atoms with Crippen LogP contribution in [-0.2, 0) is 10.2 Å². The Balaban J connectivity index is 3.64. The predicted octanol–water partition coefficient (Wildman–Crippen LogP) is 10.7. The molecule has 0 fully saturated rings. The van der Waals surface area contributed by atoms with E-state index in [4.69, 9.17) is 4.99 Å². The third-order valence-electron chi connectivity index (χ3n) is 7.76. The van der Waals surface area contributed by atoms with E-state index in [9.17, 15) is 9.18 Å². The van der Waals surface area contributed by atoms with Crippen LogP contribution in [0.2, 0.25) is 0 Å². The highest BCUT2D eigenvalue weighted by Gasteiger charge is 2.41. The monoisotopic (exact) mass is 560 g/mol. The first-order chi connectivity index (χ1) is 19.5. The van der Waals surface area contributed by atoms with Crippen molar-refractivity contribution < 1.29 is 9.18 Å². The van der Waals surface area contributed by atoms with Crippen LogP contribution in [0.15, 0.2) is 89.1 Å². The molecular formula is C37H53FN2O. The van der Waals surface area contributed by atoms with Gasteiger partial charge in [0.25, 0.3) is 0 Å². The normalized spacial score (nSPS) is 14.6. The molecule has 0 aliphatic carbocycles. The molecule has 0 amide bonds. The SMILES string of the molecule is C=C/C(F)=C(\C=C/C)N/C(C)=C(C)/C(=C\C(=C)c1ccc(C(CCC)(CCC)C(=O)C(C)CC)c(C)c1)N=CCC. The van der Waals surface area contributed by atoms with Crippen LogP contribution in [0.25, 0.3) is 5.57 Å². The van der Waals surface area contributed by atoms with E-state index in [1.54, 1.807) is 12.2 Å². The Morgan fingerprint density at radius 1 is 1.15 bits per heavy atom. The maximum Gasteiger partial charge on any atom is 0.146 e. The van der Waals surface area contributed by atoms with Gasteiger partial charge in [0.05, 0.1) is 16.8 Å². The van der Waals surface area contributed by atoms with Gasteiger partial charge in [-0.3, -0.25) is 9.79 Å². The predicted molar refractivity (Wildman–Crippen MR) is 178 cm³/mol. The van der Waals surface area contributed by atoms with Crippen LogP contribution in [0.3, 0.4) is 0 Å². The fourth-order valence-corrected chi connectivity index (χ4v) is 5.31. The third kappa shape index (κ3) is 9.38. The van der Waals surface area contributed by atoms with Crippen LogP contribution in [0.4, 0.5) is 4.39 Å². The first-order valence-corrected chi connectivity index (χ1v) is 15.2. The van der Waals surface area contributed by atoms with Gasteiger partial charge < -0.3 is 5.32 Å². The lowest BCUT2D eigenvalue weighted by molar-refractivity contribution is -0.129. The number of nitrogens with one attached hydrogen (secondary N) is 1. The van der Waals surface area contributed by atoms with Crippen LogP contribution in [0, 0.1) is 12.8 Å². The van der Waals surface area contributed by atoms with Crippen molar-refractivity contribution in [2.24, 2.45) is 10.9 Å². The summed E-state index contributed by atoms with van der Waals surface area (Å²) in [6.07, 6.45) is 13.7. The van der Waals surface area contributed by atoms with E-state index in [-0.39, 0.29) is 5.92 Å². The molecule has 1 atom stereocenters. The first kappa shape index (κ1) is 35.8. The molecule has 1 rings (SSSR count). The second-order valence-corrected chi connectivity index (χ2v) is 10.9. The molecule has 0 aliphatic rings. The summed E-state index contributed by atoms with van der Waals surface area (Å²) in [7, 11) is 0. The Hall–Kier alpha value is -3.27. The number of allylic oxidation sites excluding steroid dienone is 8. The minimum Gasteiger partial charge on any atom is -0.356 e. The molecule has 0 aliphatic heterocycles. The van der Waals surface area contributed by atoms with Crippen molar-refractivity contribution in [3.8, 4) is 0 Å². The molecule has 224 valence electrons. The zero-order chi connectivity index (χ0) is 31.2. The van der Waals surface area contributed by atoms with Gasteiger partial charge in [0, 0.05) is 17.8 Å². The average Bonchev–Trinajstić information content (AvgIpc) is 2.96. The molecule has 4 heteroatoms. The Morgan fingerprint density at radius 2 is 1.78 bits per heavy atom. The Kier molecular flexibility index (Phi) is 15.3. The topological polar surface area (TPSA) is 41.5 Å². The molecule has 1 unspecified atom stereocenters. The van der Waals surface area contributed by atoms with Gasteiger partial charge in [-0.05, 0) is 99.4 Å². The maximum atomic E-state index is 14.4. The van der Waals surface area contributed by atoms with Gasteiger partial charge in [-0.1, -0.05) is 84.9 Å². The van der Waals surface area contributed by atoms with Crippen LogP contribution < -0.4 is 5.32 Å². The van der Waals surface area contributed by atoms with Gasteiger partial charge in [-0.2, -0.15) is 0 Å². The molecule has 0 spiro atoms. The highest BCUT2D eigenvalue weighted by atomic mass is 19.1. The van der Waals surface area contributed by atoms with Gasteiger partial charge >= 0.3 is 0 Å². The minimum absolute atomic E-state index is 0.0267. The molecular weight excluding hydrogens is 507 g/mol. The Labute approximate surface area is 249 Å². The molecule has 3 nitrogen and oxygen atoms in total. The van der Waals surface area contributed by atoms with Gasteiger partial charge in [0.2, 0.25) is 0 Å². The highest BCUT2D eigenvalue weighted by Crippen LogP contribution is 2.40. The summed E-state index contributed by atoms with van der Waals surface area (Å²) in [5.74, 6) is -0.0388. The van der Waals surface area contributed by atoms with Crippen LogP contribution in [-0.4, -0.2) is 12.0 Å². The molecule has 0 saturated heterocycles. The number of Topliss-reactive ketones (excluding diaryl/α,β-unsaturated/α-hetero) is 1. The second kappa shape index (κ2) is 17.5. The first-order valence-electron chi connectivity index (χ1n) is 15.2. The van der Waals surface area contributed by atoms with E-state index < -0.39 is 11.2 Å². The lowest BCUT2D eigenvalue weighted by Gasteiger charge is -2.36. The van der Waals surface area contributed by atoms with Crippen molar-refractivity contribution in [2.75, 3.05) is 0 Å². The molecule has 0 aromatic heterocycles. The van der Waals surface area contributed by atoms with E-state index in [0.717, 1.165) is 77.8 Å². The summed E-state index contributed by atoms with van der Waals surface area (Å²) in [4.78, 5) is 18.5. The lowest BCUT2D eigenvalue weighted by atomic mass is 9.65. The second-order valence-electron chi connectivity index (χ2n) is 10.9. The van der Waals surface area contributed by atoms with Crippen molar-refractivity contribution in [1.82, 2.24) is 5.32 Å². The zero-order valence-electron chi connectivity index (χ0n) is 27.1. The quantitative estimate of drug-likeness (QED) is 0.152. The summed E-state index contributed by atoms with van der Waals surface area (Å²) >= 11 is 0. The molecule has 1 aromatic rings. The summed E-state index contributed by atoms with van der Waals surface area (Å²) in [6.45, 7) is 26.3. The number of hydrogen-bond donors (Lipinski definition) is 1. The van der Waals surface area contributed by atoms with Crippen molar-refractivity contribution in [1.29, 1.82) is 0 Å². The molecule has 0 bridgehead atoms. The Morgan fingerprint density at radius 3 is 2.27 bits per heavy atom. The smallest absolute Gasteiger partial charge is 0.146 e. The minimum atomic E-state index is -0.462.